The van der Waals surface area contributed by atoms with Crippen molar-refractivity contribution < 1.29 is 18.3 Å². The first-order chi connectivity index (χ1) is 6.52. The summed E-state index contributed by atoms with van der Waals surface area (Å²) in [4.78, 5) is 3.46. The molecule has 0 unspecified atom stereocenters. The van der Waals surface area contributed by atoms with Crippen LogP contribution >= 0.6 is 0 Å². The maximum Gasteiger partial charge on any atom is 0.417 e. The Morgan fingerprint density at radius 1 is 1.43 bits per heavy atom. The number of hydrogen-bond donors (Lipinski definition) is 1. The molecule has 0 fully saturated rings. The summed E-state index contributed by atoms with van der Waals surface area (Å²) in [6, 6.07) is 0. The van der Waals surface area contributed by atoms with Crippen LogP contribution in [0.5, 0.6) is 0 Å². The molecule has 0 spiro atoms. The van der Waals surface area contributed by atoms with Gasteiger partial charge >= 0.3 is 6.18 Å². The second-order valence-corrected chi connectivity index (χ2v) is 2.48. The number of hydrogen-bond acceptors (Lipinski definition) is 2. The van der Waals surface area contributed by atoms with Crippen LogP contribution in [0, 0.1) is 0 Å². The number of aliphatic imine (C=N–C) groups is 1. The zero-order chi connectivity index (χ0) is 11.0. The van der Waals surface area contributed by atoms with Crippen LogP contribution < -0.4 is 0 Å². The predicted molar refractivity (Wildman–Crippen MR) is 49.1 cm³/mol. The molecule has 0 aliphatic carbocycles. The van der Waals surface area contributed by atoms with Crippen molar-refractivity contribution in [1.29, 1.82) is 0 Å². The third kappa shape index (κ3) is 5.53. The summed E-state index contributed by atoms with van der Waals surface area (Å²) >= 11 is 0. The van der Waals surface area contributed by atoms with Crippen molar-refractivity contribution in [3.8, 4) is 0 Å². The van der Waals surface area contributed by atoms with E-state index in [2.05, 4.69) is 11.6 Å². The normalized spacial score (nSPS) is 13.6. The zero-order valence-electron chi connectivity index (χ0n) is 7.59. The van der Waals surface area contributed by atoms with Gasteiger partial charge in [-0.25, -0.2) is 0 Å². The minimum atomic E-state index is -4.41. The second kappa shape index (κ2) is 6.37. The topological polar surface area (TPSA) is 32.6 Å². The molecule has 0 amide bonds. The highest BCUT2D eigenvalue weighted by Crippen LogP contribution is 2.25. The van der Waals surface area contributed by atoms with E-state index < -0.39 is 11.7 Å². The first-order valence-electron chi connectivity index (χ1n) is 4.04. The number of halogens is 3. The molecule has 0 rings (SSSR count). The molecule has 0 aliphatic heterocycles. The number of alkyl halides is 3. The molecule has 80 valence electrons. The van der Waals surface area contributed by atoms with Crippen LogP contribution in [0.3, 0.4) is 0 Å². The molecular weight excluding hydrogens is 195 g/mol. The number of allylic oxidation sites excluding steroid dienone is 2. The van der Waals surface area contributed by atoms with Gasteiger partial charge in [0.05, 0.1) is 5.57 Å². The van der Waals surface area contributed by atoms with Crippen LogP contribution in [0.15, 0.2) is 29.4 Å². The molecule has 14 heavy (non-hydrogen) atoms. The third-order valence-corrected chi connectivity index (χ3v) is 1.36. The van der Waals surface area contributed by atoms with E-state index in [4.69, 9.17) is 5.11 Å². The molecule has 1 N–H and O–H groups in total. The van der Waals surface area contributed by atoms with Crippen molar-refractivity contribution in [2.45, 2.75) is 19.0 Å². The SMILES string of the molecule is C=C/C(=C\N=CCCCO)C(F)(F)F. The van der Waals surface area contributed by atoms with Crippen molar-refractivity contribution in [3.05, 3.63) is 24.4 Å². The number of aliphatic hydroxyl groups is 1. The highest BCUT2D eigenvalue weighted by atomic mass is 19.4. The molecule has 0 aliphatic rings. The fourth-order valence-electron chi connectivity index (χ4n) is 0.632. The molecule has 0 heterocycles. The van der Waals surface area contributed by atoms with Gasteiger partial charge in [-0.3, -0.25) is 4.99 Å². The lowest BCUT2D eigenvalue weighted by Gasteiger charge is -2.04. The second-order valence-electron chi connectivity index (χ2n) is 2.48. The van der Waals surface area contributed by atoms with Gasteiger partial charge in [0.1, 0.15) is 0 Å². The lowest BCUT2D eigenvalue weighted by atomic mass is 10.3. The van der Waals surface area contributed by atoms with E-state index in [-0.39, 0.29) is 6.61 Å². The molecule has 0 bridgehead atoms. The molecule has 0 aromatic carbocycles. The largest absolute Gasteiger partial charge is 0.417 e. The lowest BCUT2D eigenvalue weighted by Crippen LogP contribution is -2.09. The van der Waals surface area contributed by atoms with Crippen molar-refractivity contribution >= 4 is 6.21 Å². The van der Waals surface area contributed by atoms with Gasteiger partial charge in [-0.2, -0.15) is 13.2 Å². The molecule has 0 atom stereocenters. The van der Waals surface area contributed by atoms with E-state index in [1.165, 1.54) is 6.21 Å². The standard InChI is InChI=1S/C9H12F3NO/c1-2-8(9(10,11)12)7-13-5-3-4-6-14/h2,5,7,14H,1,3-4,6H2/b8-7+,13-5?. The Morgan fingerprint density at radius 3 is 2.50 bits per heavy atom. The van der Waals surface area contributed by atoms with Gasteiger partial charge in [0.2, 0.25) is 0 Å². The summed E-state index contributed by atoms with van der Waals surface area (Å²) in [5, 5.41) is 8.38. The third-order valence-electron chi connectivity index (χ3n) is 1.36. The van der Waals surface area contributed by atoms with E-state index in [1.807, 2.05) is 0 Å². The summed E-state index contributed by atoms with van der Waals surface area (Å²) in [6.07, 6.45) is -0.711. The predicted octanol–water partition coefficient (Wildman–Crippen LogP) is 2.46. The summed E-state index contributed by atoms with van der Waals surface area (Å²) in [5.74, 6) is 0. The van der Waals surface area contributed by atoms with E-state index in [0.29, 0.717) is 25.1 Å². The molecule has 0 saturated heterocycles. The highest BCUT2D eigenvalue weighted by Gasteiger charge is 2.31. The molecule has 0 aromatic rings. The molecule has 2 nitrogen and oxygen atoms in total. The Kier molecular flexibility index (Phi) is 5.87. The van der Waals surface area contributed by atoms with Crippen LogP contribution in [0.25, 0.3) is 0 Å². The maximum atomic E-state index is 12.0. The van der Waals surface area contributed by atoms with Crippen LogP contribution in [-0.2, 0) is 0 Å². The first-order valence-corrected chi connectivity index (χ1v) is 4.04. The highest BCUT2D eigenvalue weighted by molar-refractivity contribution is 5.58. The minimum Gasteiger partial charge on any atom is -0.396 e. The summed E-state index contributed by atoms with van der Waals surface area (Å²) in [7, 11) is 0. The molecule has 0 saturated carbocycles. The van der Waals surface area contributed by atoms with Crippen LogP contribution in [0.1, 0.15) is 12.8 Å². The van der Waals surface area contributed by atoms with Gasteiger partial charge in [0, 0.05) is 19.0 Å². The average molecular weight is 207 g/mol. The van der Waals surface area contributed by atoms with Crippen LogP contribution in [0.4, 0.5) is 13.2 Å². The Labute approximate surface area is 80.5 Å². The molecule has 0 aromatic heterocycles. The van der Waals surface area contributed by atoms with E-state index >= 15 is 0 Å². The fourth-order valence-corrected chi connectivity index (χ4v) is 0.632. The van der Waals surface area contributed by atoms with Gasteiger partial charge in [-0.05, 0) is 12.8 Å². The number of rotatable bonds is 5. The quantitative estimate of drug-likeness (QED) is 0.419. The fraction of sp³-hybridized carbons (Fsp3) is 0.444. The van der Waals surface area contributed by atoms with Crippen LogP contribution in [0.2, 0.25) is 0 Å². The van der Waals surface area contributed by atoms with Crippen molar-refractivity contribution in [3.63, 3.8) is 0 Å². The van der Waals surface area contributed by atoms with E-state index in [1.54, 1.807) is 0 Å². The van der Waals surface area contributed by atoms with Gasteiger partial charge in [0.15, 0.2) is 0 Å². The Bertz CT molecular complexity index is 231. The van der Waals surface area contributed by atoms with Crippen LogP contribution in [-0.4, -0.2) is 24.1 Å². The van der Waals surface area contributed by atoms with Crippen molar-refractivity contribution in [1.82, 2.24) is 0 Å². The van der Waals surface area contributed by atoms with Gasteiger partial charge < -0.3 is 5.11 Å². The maximum absolute atomic E-state index is 12.0. The Hall–Kier alpha value is -1.10. The number of aliphatic hydroxyl groups excluding tert-OH is 1. The van der Waals surface area contributed by atoms with E-state index in [9.17, 15) is 13.2 Å². The smallest absolute Gasteiger partial charge is 0.396 e. The molecule has 0 radical (unpaired) electrons. The van der Waals surface area contributed by atoms with Gasteiger partial charge in [-0.1, -0.05) is 12.7 Å². The summed E-state index contributed by atoms with van der Waals surface area (Å²) in [5.41, 5.74) is -0.877. The van der Waals surface area contributed by atoms with E-state index in [0.717, 1.165) is 0 Å². The number of nitrogens with zero attached hydrogens (tertiary/aromatic N) is 1. The first kappa shape index (κ1) is 12.9. The molecule has 5 heteroatoms. The Morgan fingerprint density at radius 2 is 2.07 bits per heavy atom. The lowest BCUT2D eigenvalue weighted by molar-refractivity contribution is -0.0883. The minimum absolute atomic E-state index is 0.00329. The number of unbranched alkanes of at least 4 members (excludes halogenated alkanes) is 1. The molecular formula is C9H12F3NO. The summed E-state index contributed by atoms with van der Waals surface area (Å²) in [6.45, 7) is 3.04. The Balaban J connectivity index is 4.19. The van der Waals surface area contributed by atoms with Gasteiger partial charge in [-0.15, -0.1) is 0 Å². The average Bonchev–Trinajstić information content (AvgIpc) is 2.09. The zero-order valence-corrected chi connectivity index (χ0v) is 7.59. The van der Waals surface area contributed by atoms with Crippen molar-refractivity contribution in [2.75, 3.05) is 6.61 Å². The van der Waals surface area contributed by atoms with Crippen molar-refractivity contribution in [2.24, 2.45) is 4.99 Å². The monoisotopic (exact) mass is 207 g/mol. The van der Waals surface area contributed by atoms with Gasteiger partial charge in [0.25, 0.3) is 0 Å². The summed E-state index contributed by atoms with van der Waals surface area (Å²) < 4.78 is 36.1.